The molecule has 2 aliphatic rings. The predicted octanol–water partition coefficient (Wildman–Crippen LogP) is 0.709. The van der Waals surface area contributed by atoms with E-state index >= 15 is 0 Å². The average molecular weight is 327 g/mol. The van der Waals surface area contributed by atoms with Crippen LogP contribution in [0.5, 0.6) is 0 Å². The lowest BCUT2D eigenvalue weighted by Gasteiger charge is -2.28. The van der Waals surface area contributed by atoms with E-state index in [2.05, 4.69) is 12.6 Å². The first-order valence-corrected chi connectivity index (χ1v) is 8.15. The molecule has 2 amide bonds. The number of carboxylic acid groups (broad SMARTS) is 1. The first-order chi connectivity index (χ1) is 10.5. The Morgan fingerprint density at radius 2 is 1.82 bits per heavy atom. The first-order valence-electron chi connectivity index (χ1n) is 7.51. The number of aliphatic hydroxyl groups is 1. The van der Waals surface area contributed by atoms with Crippen LogP contribution in [0.1, 0.15) is 25.7 Å². The molecule has 0 aromatic rings. The summed E-state index contributed by atoms with van der Waals surface area (Å²) in [6.45, 7) is 0.288. The number of allylic oxidation sites excluding steroid dienone is 1. The molecule has 7 heteroatoms. The molecular formula is C15H21NO5S. The number of likely N-dealkylation sites (tertiary alicyclic amines) is 1. The van der Waals surface area contributed by atoms with Crippen LogP contribution in [0.25, 0.3) is 0 Å². The summed E-state index contributed by atoms with van der Waals surface area (Å²) in [5.74, 6) is -2.31. The Hall–Kier alpha value is -1.34. The summed E-state index contributed by atoms with van der Waals surface area (Å²) in [5.41, 5.74) is 0. The van der Waals surface area contributed by atoms with Crippen molar-refractivity contribution >= 4 is 30.4 Å². The fraction of sp³-hybridized carbons (Fsp3) is 0.667. The molecule has 4 unspecified atom stereocenters. The summed E-state index contributed by atoms with van der Waals surface area (Å²) >= 11 is 4.22. The maximum Gasteiger partial charge on any atom is 0.303 e. The van der Waals surface area contributed by atoms with Crippen LogP contribution in [0, 0.1) is 17.8 Å². The van der Waals surface area contributed by atoms with Crippen molar-refractivity contribution in [2.45, 2.75) is 31.8 Å². The lowest BCUT2D eigenvalue weighted by atomic mass is 9.77. The van der Waals surface area contributed by atoms with Gasteiger partial charge in [-0.25, -0.2) is 0 Å². The molecule has 2 rings (SSSR count). The second kappa shape index (κ2) is 7.28. The van der Waals surface area contributed by atoms with Gasteiger partial charge in [-0.1, -0.05) is 18.6 Å². The van der Waals surface area contributed by atoms with Gasteiger partial charge in [0, 0.05) is 13.0 Å². The molecule has 6 nitrogen and oxygen atoms in total. The quantitative estimate of drug-likeness (QED) is 0.277. The minimum absolute atomic E-state index is 0.0947. The summed E-state index contributed by atoms with van der Waals surface area (Å²) < 4.78 is 0. The van der Waals surface area contributed by atoms with E-state index in [0.717, 1.165) is 0 Å². The molecular weight excluding hydrogens is 306 g/mol. The highest BCUT2D eigenvalue weighted by atomic mass is 32.1. The zero-order valence-corrected chi connectivity index (χ0v) is 13.1. The van der Waals surface area contributed by atoms with Gasteiger partial charge in [0.2, 0.25) is 11.8 Å². The molecule has 0 radical (unpaired) electrons. The van der Waals surface area contributed by atoms with Gasteiger partial charge in [-0.15, -0.1) is 0 Å². The van der Waals surface area contributed by atoms with Crippen LogP contribution in [-0.2, 0) is 14.4 Å². The number of aliphatic hydroxyl groups excluding tert-OH is 1. The van der Waals surface area contributed by atoms with Gasteiger partial charge in [-0.05, 0) is 24.5 Å². The van der Waals surface area contributed by atoms with Crippen LogP contribution < -0.4 is 0 Å². The Morgan fingerprint density at radius 3 is 2.45 bits per heavy atom. The van der Waals surface area contributed by atoms with Crippen molar-refractivity contribution in [3.8, 4) is 0 Å². The third kappa shape index (κ3) is 3.35. The summed E-state index contributed by atoms with van der Waals surface area (Å²) in [6, 6.07) is 0. The number of carboxylic acids is 1. The molecule has 0 bridgehead atoms. The number of carbonyl (C=O) groups excluding carboxylic acids is 2. The van der Waals surface area contributed by atoms with Gasteiger partial charge in [0.05, 0.1) is 17.9 Å². The van der Waals surface area contributed by atoms with Crippen molar-refractivity contribution in [2.75, 3.05) is 12.3 Å². The number of thiol groups is 1. The number of unbranched alkanes of at least 4 members (excludes halogenated alkanes) is 2. The van der Waals surface area contributed by atoms with E-state index in [0.29, 0.717) is 25.0 Å². The summed E-state index contributed by atoms with van der Waals surface area (Å²) in [7, 11) is 0. The number of carbonyl (C=O) groups is 3. The zero-order valence-electron chi connectivity index (χ0n) is 12.2. The Bertz CT molecular complexity index is 492. The summed E-state index contributed by atoms with van der Waals surface area (Å²) in [6.07, 6.45) is 4.27. The number of imide groups is 1. The van der Waals surface area contributed by atoms with E-state index < -0.39 is 23.9 Å². The first kappa shape index (κ1) is 17.0. The Balaban J connectivity index is 1.96. The molecule has 1 fully saturated rings. The highest BCUT2D eigenvalue weighted by molar-refractivity contribution is 7.80. The van der Waals surface area contributed by atoms with Crippen molar-refractivity contribution in [2.24, 2.45) is 17.8 Å². The fourth-order valence-electron chi connectivity index (χ4n) is 3.20. The molecule has 0 aromatic carbocycles. The molecule has 4 atom stereocenters. The molecule has 0 saturated carbocycles. The van der Waals surface area contributed by atoms with E-state index in [1.165, 1.54) is 4.90 Å². The monoisotopic (exact) mass is 327 g/mol. The van der Waals surface area contributed by atoms with Gasteiger partial charge in [0.15, 0.2) is 0 Å². The lowest BCUT2D eigenvalue weighted by Crippen LogP contribution is -2.37. The van der Waals surface area contributed by atoms with Crippen LogP contribution in [-0.4, -0.2) is 51.3 Å². The number of fused-ring (bicyclic) bond motifs is 1. The second-order valence-electron chi connectivity index (χ2n) is 5.81. The van der Waals surface area contributed by atoms with Crippen molar-refractivity contribution < 1.29 is 24.6 Å². The number of hydrogen-bond donors (Lipinski definition) is 3. The molecule has 122 valence electrons. The molecule has 1 aliphatic carbocycles. The molecule has 1 heterocycles. The Labute approximate surface area is 134 Å². The standard InChI is InChI=1S/C15H21NO5S/c17-10-6-5-9(8-22)12-13(10)15(21)16(14(12)20)7-3-1-2-4-11(18)19/h5-6,9-10,12-13,17,22H,1-4,7-8H2,(H,18,19). The maximum atomic E-state index is 12.5. The second-order valence-corrected chi connectivity index (χ2v) is 6.17. The molecule has 0 spiro atoms. The van der Waals surface area contributed by atoms with Gasteiger partial charge in [0.25, 0.3) is 0 Å². The number of amides is 2. The zero-order chi connectivity index (χ0) is 16.3. The van der Waals surface area contributed by atoms with Crippen molar-refractivity contribution in [3.63, 3.8) is 0 Å². The highest BCUT2D eigenvalue weighted by Gasteiger charge is 2.53. The molecule has 0 aromatic heterocycles. The van der Waals surface area contributed by atoms with Gasteiger partial charge in [0.1, 0.15) is 0 Å². The smallest absolute Gasteiger partial charge is 0.303 e. The number of rotatable bonds is 7. The minimum Gasteiger partial charge on any atom is -0.481 e. The van der Waals surface area contributed by atoms with E-state index in [1.807, 2.05) is 0 Å². The Kier molecular flexibility index (Phi) is 5.63. The SMILES string of the molecule is O=C(O)CCCCCN1C(=O)C2C(O)C=CC(CS)C2C1=O. The molecule has 1 saturated heterocycles. The number of hydrogen-bond acceptors (Lipinski definition) is 5. The summed E-state index contributed by atoms with van der Waals surface area (Å²) in [5, 5.41) is 18.6. The maximum absolute atomic E-state index is 12.5. The van der Waals surface area contributed by atoms with Gasteiger partial charge in [-0.3, -0.25) is 19.3 Å². The minimum atomic E-state index is -0.922. The highest BCUT2D eigenvalue weighted by Crippen LogP contribution is 2.39. The predicted molar refractivity (Wildman–Crippen MR) is 82.3 cm³/mol. The van der Waals surface area contributed by atoms with Crippen LogP contribution >= 0.6 is 12.6 Å². The molecule has 1 aliphatic heterocycles. The molecule has 2 N–H and O–H groups in total. The average Bonchev–Trinajstić information content (AvgIpc) is 2.73. The Morgan fingerprint density at radius 1 is 1.14 bits per heavy atom. The van der Waals surface area contributed by atoms with Crippen molar-refractivity contribution in [3.05, 3.63) is 12.2 Å². The summed E-state index contributed by atoms with van der Waals surface area (Å²) in [4.78, 5) is 36.5. The fourth-order valence-corrected chi connectivity index (χ4v) is 3.55. The largest absolute Gasteiger partial charge is 0.481 e. The number of aliphatic carboxylic acids is 1. The van der Waals surface area contributed by atoms with E-state index in [-0.39, 0.29) is 30.7 Å². The van der Waals surface area contributed by atoms with Crippen LogP contribution in [0.4, 0.5) is 0 Å². The van der Waals surface area contributed by atoms with Gasteiger partial charge >= 0.3 is 5.97 Å². The van der Waals surface area contributed by atoms with Crippen LogP contribution in [0.2, 0.25) is 0 Å². The number of nitrogens with zero attached hydrogens (tertiary/aromatic N) is 1. The van der Waals surface area contributed by atoms with E-state index in [9.17, 15) is 19.5 Å². The topological polar surface area (TPSA) is 94.9 Å². The third-order valence-corrected chi connectivity index (χ3v) is 4.78. The van der Waals surface area contributed by atoms with Gasteiger partial charge in [-0.2, -0.15) is 12.6 Å². The van der Waals surface area contributed by atoms with Crippen molar-refractivity contribution in [1.82, 2.24) is 4.90 Å². The lowest BCUT2D eigenvalue weighted by molar-refractivity contribution is -0.141. The van der Waals surface area contributed by atoms with E-state index in [4.69, 9.17) is 5.11 Å². The van der Waals surface area contributed by atoms with E-state index in [1.54, 1.807) is 12.2 Å². The van der Waals surface area contributed by atoms with Crippen LogP contribution in [0.15, 0.2) is 12.2 Å². The molecule has 22 heavy (non-hydrogen) atoms. The normalized spacial score (nSPS) is 30.7. The van der Waals surface area contributed by atoms with Crippen molar-refractivity contribution in [1.29, 1.82) is 0 Å². The van der Waals surface area contributed by atoms with Gasteiger partial charge < -0.3 is 10.2 Å². The van der Waals surface area contributed by atoms with Crippen LogP contribution in [0.3, 0.4) is 0 Å². The third-order valence-electron chi connectivity index (χ3n) is 4.36.